The van der Waals surface area contributed by atoms with E-state index in [4.69, 9.17) is 30.0 Å². The van der Waals surface area contributed by atoms with Gasteiger partial charge in [0.05, 0.1) is 11.1 Å². The third-order valence-corrected chi connectivity index (χ3v) is 1.39. The quantitative estimate of drug-likeness (QED) is 0.559. The highest BCUT2D eigenvalue weighted by atomic mass is 16.4. The Kier molecular flexibility index (Phi) is 10.3. The molecule has 0 amide bonds. The van der Waals surface area contributed by atoms with Gasteiger partial charge in [-0.3, -0.25) is 9.59 Å². The maximum atomic E-state index is 10.5. The molecular formula is C10H10O8. The van der Waals surface area contributed by atoms with Crippen LogP contribution in [-0.2, 0) is 9.59 Å². The minimum Gasteiger partial charge on any atom is -0.483 e. The van der Waals surface area contributed by atoms with E-state index >= 15 is 0 Å². The van der Waals surface area contributed by atoms with Crippen molar-refractivity contribution in [2.45, 2.75) is 0 Å². The molecule has 0 aliphatic carbocycles. The van der Waals surface area contributed by atoms with Gasteiger partial charge >= 0.3 is 11.9 Å². The van der Waals surface area contributed by atoms with Gasteiger partial charge in [0.1, 0.15) is 0 Å². The van der Waals surface area contributed by atoms with Gasteiger partial charge in [-0.25, -0.2) is 9.59 Å². The first-order valence-corrected chi connectivity index (χ1v) is 4.17. The van der Waals surface area contributed by atoms with Crippen LogP contribution in [0.1, 0.15) is 20.7 Å². The molecule has 0 spiro atoms. The van der Waals surface area contributed by atoms with Crippen LogP contribution in [0.3, 0.4) is 0 Å². The Morgan fingerprint density at radius 3 is 1.22 bits per heavy atom. The van der Waals surface area contributed by atoms with Crippen LogP contribution >= 0.6 is 0 Å². The molecule has 0 saturated carbocycles. The zero-order valence-electron chi connectivity index (χ0n) is 8.89. The summed E-state index contributed by atoms with van der Waals surface area (Å²) in [4.78, 5) is 37.6. The minimum absolute atomic E-state index is 0.190. The summed E-state index contributed by atoms with van der Waals surface area (Å²) in [6.45, 7) is -0.500. The van der Waals surface area contributed by atoms with Crippen molar-refractivity contribution >= 4 is 24.9 Å². The van der Waals surface area contributed by atoms with Gasteiger partial charge in [-0.1, -0.05) is 12.1 Å². The second-order valence-corrected chi connectivity index (χ2v) is 2.37. The largest absolute Gasteiger partial charge is 0.483 e. The third-order valence-electron chi connectivity index (χ3n) is 1.39. The lowest BCUT2D eigenvalue weighted by Gasteiger charge is -1.98. The molecule has 0 bridgehead atoms. The van der Waals surface area contributed by atoms with E-state index in [1.165, 1.54) is 24.3 Å². The van der Waals surface area contributed by atoms with Crippen LogP contribution in [0.25, 0.3) is 0 Å². The molecule has 0 unspecified atom stereocenters. The number of carbonyl (C=O) groups is 4. The second-order valence-electron chi connectivity index (χ2n) is 2.37. The van der Waals surface area contributed by atoms with Crippen LogP contribution in [0, 0.1) is 0 Å². The zero-order chi connectivity index (χ0) is 14.6. The molecule has 0 atom stereocenters. The maximum absolute atomic E-state index is 10.5. The number of benzene rings is 1. The summed E-state index contributed by atoms with van der Waals surface area (Å²) in [5, 5.41) is 30.9. The van der Waals surface area contributed by atoms with E-state index in [2.05, 4.69) is 0 Å². The molecule has 0 radical (unpaired) electrons. The molecule has 8 heteroatoms. The molecule has 0 aliphatic rings. The van der Waals surface area contributed by atoms with Crippen molar-refractivity contribution in [3.8, 4) is 0 Å². The summed E-state index contributed by atoms with van der Waals surface area (Å²) < 4.78 is 0. The molecule has 0 heterocycles. The Balaban J connectivity index is 0. The Morgan fingerprint density at radius 1 is 0.833 bits per heavy atom. The fourth-order valence-electron chi connectivity index (χ4n) is 0.856. The standard InChI is InChI=1S/C8H6O4.2CH2O2/c9-7(10)5-3-1-2-4-6(5)8(11)12;2*2-1-3/h1-4H,(H,9,10)(H,11,12);2*1H,(H,2,3). The number of carboxylic acid groups (broad SMARTS) is 4. The van der Waals surface area contributed by atoms with Crippen molar-refractivity contribution in [1.29, 1.82) is 0 Å². The first-order valence-electron chi connectivity index (χ1n) is 4.17. The monoisotopic (exact) mass is 258 g/mol. The van der Waals surface area contributed by atoms with E-state index in [0.717, 1.165) is 0 Å². The number of rotatable bonds is 2. The van der Waals surface area contributed by atoms with E-state index in [-0.39, 0.29) is 24.1 Å². The molecule has 8 nitrogen and oxygen atoms in total. The van der Waals surface area contributed by atoms with Crippen LogP contribution in [0.4, 0.5) is 0 Å². The maximum Gasteiger partial charge on any atom is 0.336 e. The molecule has 0 saturated heterocycles. The molecule has 1 rings (SSSR count). The van der Waals surface area contributed by atoms with E-state index in [1.54, 1.807) is 0 Å². The first-order chi connectivity index (χ1) is 8.45. The van der Waals surface area contributed by atoms with Crippen LogP contribution in [0.5, 0.6) is 0 Å². The van der Waals surface area contributed by atoms with Gasteiger partial charge in [0.2, 0.25) is 0 Å². The predicted octanol–water partition coefficient (Wildman–Crippen LogP) is 0.485. The van der Waals surface area contributed by atoms with E-state index in [9.17, 15) is 9.59 Å². The molecular weight excluding hydrogens is 248 g/mol. The minimum atomic E-state index is -1.23. The van der Waals surface area contributed by atoms with Crippen molar-refractivity contribution in [2.75, 3.05) is 0 Å². The summed E-state index contributed by atoms with van der Waals surface area (Å²) in [6.07, 6.45) is 0. The number of carboxylic acids is 2. The van der Waals surface area contributed by atoms with E-state index < -0.39 is 11.9 Å². The average molecular weight is 258 g/mol. The fourth-order valence-corrected chi connectivity index (χ4v) is 0.856. The lowest BCUT2D eigenvalue weighted by molar-refractivity contribution is -0.123. The van der Waals surface area contributed by atoms with Crippen LogP contribution in [0.15, 0.2) is 24.3 Å². The van der Waals surface area contributed by atoms with Gasteiger partial charge in [0, 0.05) is 0 Å². The second kappa shape index (κ2) is 10.6. The lowest BCUT2D eigenvalue weighted by atomic mass is 10.1. The first kappa shape index (κ1) is 17.5. The highest BCUT2D eigenvalue weighted by Crippen LogP contribution is 2.07. The highest BCUT2D eigenvalue weighted by molar-refractivity contribution is 6.01. The Labute approximate surface area is 101 Å². The molecule has 1 aromatic carbocycles. The van der Waals surface area contributed by atoms with Gasteiger partial charge in [-0.15, -0.1) is 0 Å². The molecule has 0 aliphatic heterocycles. The molecule has 4 N–H and O–H groups in total. The normalized spacial score (nSPS) is 7.56. The summed E-state index contributed by atoms with van der Waals surface area (Å²) >= 11 is 0. The van der Waals surface area contributed by atoms with Gasteiger partial charge in [0.15, 0.2) is 0 Å². The lowest BCUT2D eigenvalue weighted by Crippen LogP contribution is -2.06. The average Bonchev–Trinajstić information content (AvgIpc) is 2.31. The van der Waals surface area contributed by atoms with E-state index in [1.807, 2.05) is 0 Å². The highest BCUT2D eigenvalue weighted by Gasteiger charge is 2.13. The number of hydrogen-bond acceptors (Lipinski definition) is 4. The Bertz CT molecular complexity index is 373. The summed E-state index contributed by atoms with van der Waals surface area (Å²) in [7, 11) is 0. The molecule has 1 aromatic rings. The van der Waals surface area contributed by atoms with Crippen molar-refractivity contribution in [3.05, 3.63) is 35.4 Å². The summed E-state index contributed by atoms with van der Waals surface area (Å²) in [5.74, 6) is -2.46. The van der Waals surface area contributed by atoms with Crippen molar-refractivity contribution in [3.63, 3.8) is 0 Å². The molecule has 0 fully saturated rings. The molecule has 0 aromatic heterocycles. The number of aromatic carboxylic acids is 2. The van der Waals surface area contributed by atoms with Crippen molar-refractivity contribution in [1.82, 2.24) is 0 Å². The van der Waals surface area contributed by atoms with Crippen molar-refractivity contribution in [2.24, 2.45) is 0 Å². The van der Waals surface area contributed by atoms with Gasteiger partial charge in [-0.05, 0) is 12.1 Å². The van der Waals surface area contributed by atoms with Crippen molar-refractivity contribution < 1.29 is 39.6 Å². The predicted molar refractivity (Wildman–Crippen MR) is 57.7 cm³/mol. The number of hydrogen-bond donors (Lipinski definition) is 4. The topological polar surface area (TPSA) is 149 Å². The fraction of sp³-hybridized carbons (Fsp3) is 0. The Morgan fingerprint density at radius 2 is 1.06 bits per heavy atom. The van der Waals surface area contributed by atoms with E-state index in [0.29, 0.717) is 0 Å². The molecule has 18 heavy (non-hydrogen) atoms. The van der Waals surface area contributed by atoms with Gasteiger partial charge < -0.3 is 20.4 Å². The van der Waals surface area contributed by atoms with Gasteiger partial charge in [-0.2, -0.15) is 0 Å². The van der Waals surface area contributed by atoms with Crippen LogP contribution in [-0.4, -0.2) is 45.3 Å². The molecule has 98 valence electrons. The summed E-state index contributed by atoms with van der Waals surface area (Å²) in [6, 6.07) is 5.48. The zero-order valence-corrected chi connectivity index (χ0v) is 8.89. The smallest absolute Gasteiger partial charge is 0.336 e. The van der Waals surface area contributed by atoms with Gasteiger partial charge in [0.25, 0.3) is 12.9 Å². The Hall–Kier alpha value is -2.90. The van der Waals surface area contributed by atoms with Crippen LogP contribution in [0.2, 0.25) is 0 Å². The SMILES string of the molecule is O=C(O)c1ccccc1C(=O)O.O=CO.O=CO. The summed E-state index contributed by atoms with van der Waals surface area (Å²) in [5.41, 5.74) is -0.380. The third kappa shape index (κ3) is 7.40. The van der Waals surface area contributed by atoms with Crippen LogP contribution < -0.4 is 0 Å².